The zero-order valence-corrected chi connectivity index (χ0v) is 24.5. The molecule has 2 aromatic heterocycles. The molecule has 2 rings (SSSR count). The number of nitrogens with one attached hydrogen (secondary N) is 6. The topological polar surface area (TPSA) is 242 Å². The summed E-state index contributed by atoms with van der Waals surface area (Å²) in [6.45, 7) is 0.902. The van der Waals surface area contributed by atoms with E-state index in [1.54, 1.807) is 36.7 Å². The molecule has 41 heavy (non-hydrogen) atoms. The number of hydrogen-bond acceptors (Lipinski definition) is 11. The van der Waals surface area contributed by atoms with Crippen LogP contribution in [0.4, 0.5) is 5.82 Å². The Morgan fingerprint density at radius 3 is 1.93 bits per heavy atom. The predicted octanol–water partition coefficient (Wildman–Crippen LogP) is -0.851. The first-order valence-electron chi connectivity index (χ1n) is 12.7. The number of aliphatic hydroxyl groups is 3. The van der Waals surface area contributed by atoms with Crippen LogP contribution in [0.3, 0.4) is 0 Å². The van der Waals surface area contributed by atoms with Gasteiger partial charge < -0.3 is 47.6 Å². The van der Waals surface area contributed by atoms with Crippen LogP contribution in [-0.2, 0) is 24.9 Å². The molecule has 15 nitrogen and oxygen atoms in total. The Morgan fingerprint density at radius 2 is 1.41 bits per heavy atom. The average Bonchev–Trinajstić information content (AvgIpc) is 2.99. The molecule has 1 radical (unpaired) electrons. The van der Waals surface area contributed by atoms with Gasteiger partial charge in [0.2, 0.25) is 0 Å². The van der Waals surface area contributed by atoms with Crippen LogP contribution in [0.15, 0.2) is 42.9 Å². The van der Waals surface area contributed by atoms with Gasteiger partial charge in [0.25, 0.3) is 11.8 Å². The van der Waals surface area contributed by atoms with Gasteiger partial charge >= 0.3 is 5.97 Å². The second-order valence-electron chi connectivity index (χ2n) is 8.62. The standard InChI is InChI=1S/C19H26N7O2.C6H13NO5.Tc/c20-26-17-7-6-16(14-25-17)19(28)24-12-4-10-21-8-1-2-11-23-18(27)15-5-3-9-22-13-15;8-2-6(3-9,4-10)7-1-5(11)12;/h3,5-7,9,13-14,20-21H,1-2,4,8,10-12H2,(H,23,27)(H2,24,25,26,28);7-10H,1-4H2,(H,11,12);/q-1;;. The summed E-state index contributed by atoms with van der Waals surface area (Å²) in [5.74, 6) is 5.98. The monoisotopic (exact) mass is 660 g/mol. The molecule has 0 bridgehead atoms. The first-order chi connectivity index (χ1) is 19.3. The summed E-state index contributed by atoms with van der Waals surface area (Å²) in [7, 11) is 0. The van der Waals surface area contributed by atoms with Gasteiger partial charge in [0.05, 0.1) is 43.0 Å². The minimum absolute atomic E-state index is 0. The molecule has 0 unspecified atom stereocenters. The van der Waals surface area contributed by atoms with Crippen molar-refractivity contribution in [2.45, 2.75) is 24.8 Å². The van der Waals surface area contributed by atoms with E-state index in [1.807, 2.05) is 0 Å². The molecular formula is C25H39N8O7Tc-. The summed E-state index contributed by atoms with van der Waals surface area (Å²) in [6.07, 6.45) is 7.31. The van der Waals surface area contributed by atoms with Gasteiger partial charge in [-0.3, -0.25) is 24.7 Å². The number of nitrogens with zero attached hydrogens (tertiary/aromatic N) is 2. The molecule has 0 atom stereocenters. The Morgan fingerprint density at radius 1 is 0.829 bits per heavy atom. The molecule has 0 aliphatic carbocycles. The van der Waals surface area contributed by atoms with Crippen LogP contribution >= 0.6 is 0 Å². The van der Waals surface area contributed by atoms with Crippen LogP contribution in [0.5, 0.6) is 0 Å². The average molecular weight is 662 g/mol. The number of pyridine rings is 2. The van der Waals surface area contributed by atoms with E-state index >= 15 is 0 Å². The van der Waals surface area contributed by atoms with E-state index in [9.17, 15) is 14.4 Å². The van der Waals surface area contributed by atoms with Gasteiger partial charge in [0, 0.05) is 51.8 Å². The van der Waals surface area contributed by atoms with Gasteiger partial charge in [0.1, 0.15) is 5.82 Å². The number of aromatic nitrogens is 2. The van der Waals surface area contributed by atoms with Gasteiger partial charge in [-0.15, -0.1) is 0 Å². The van der Waals surface area contributed by atoms with E-state index in [0.717, 1.165) is 32.4 Å². The number of carboxylic acids is 1. The Bertz CT molecular complexity index is 991. The molecule has 0 saturated carbocycles. The van der Waals surface area contributed by atoms with Crippen molar-refractivity contribution >= 4 is 23.6 Å². The molecule has 2 heterocycles. The number of rotatable bonds is 18. The molecule has 0 spiro atoms. The molecule has 0 fully saturated rings. The number of aliphatic carboxylic acids is 1. The maximum atomic E-state index is 11.9. The van der Waals surface area contributed by atoms with Gasteiger partial charge in [-0.25, -0.2) is 4.98 Å². The van der Waals surface area contributed by atoms with E-state index in [2.05, 4.69) is 36.7 Å². The van der Waals surface area contributed by atoms with Crippen molar-refractivity contribution in [2.75, 3.05) is 58.0 Å². The Kier molecular flexibility index (Phi) is 20.9. The number of carboxylic acid groups (broad SMARTS) is 1. The second-order valence-corrected chi connectivity index (χ2v) is 8.62. The second kappa shape index (κ2) is 22.6. The van der Waals surface area contributed by atoms with Crippen molar-refractivity contribution in [1.82, 2.24) is 31.2 Å². The molecule has 16 heteroatoms. The number of carbonyl (C=O) groups is 3. The van der Waals surface area contributed by atoms with E-state index in [0.29, 0.717) is 30.0 Å². The van der Waals surface area contributed by atoms with E-state index in [1.165, 1.54) is 6.20 Å². The van der Waals surface area contributed by atoms with E-state index in [-0.39, 0.29) is 31.9 Å². The normalized spacial score (nSPS) is 10.4. The molecular weight excluding hydrogens is 622 g/mol. The quantitative estimate of drug-likeness (QED) is 0.0701. The first-order valence-corrected chi connectivity index (χ1v) is 12.7. The fourth-order valence-electron chi connectivity index (χ4n) is 3.00. The van der Waals surface area contributed by atoms with Gasteiger partial charge in [-0.2, -0.15) is 0 Å². The first kappa shape index (κ1) is 37.9. The Hall–Kier alpha value is -3.08. The van der Waals surface area contributed by atoms with Crippen molar-refractivity contribution in [3.05, 3.63) is 59.8 Å². The summed E-state index contributed by atoms with van der Waals surface area (Å²) in [5, 5.41) is 45.8. The third-order valence-corrected chi connectivity index (χ3v) is 5.48. The number of aliphatic hydroxyl groups excluding tert-OH is 3. The van der Waals surface area contributed by atoms with Crippen LogP contribution in [0.1, 0.15) is 40.0 Å². The number of hydrogen-bond donors (Lipinski definition) is 9. The minimum Gasteiger partial charge on any atom is -0.585 e. The van der Waals surface area contributed by atoms with Crippen molar-refractivity contribution in [1.29, 1.82) is 0 Å². The maximum Gasteiger partial charge on any atom is 0.317 e. The van der Waals surface area contributed by atoms with Crippen molar-refractivity contribution in [3.63, 3.8) is 0 Å². The van der Waals surface area contributed by atoms with E-state index < -0.39 is 37.9 Å². The number of unbranched alkanes of at least 4 members (excludes halogenated alkanes) is 1. The number of carbonyl (C=O) groups excluding carboxylic acids is 2. The fourth-order valence-corrected chi connectivity index (χ4v) is 3.00. The molecule has 229 valence electrons. The predicted molar refractivity (Wildman–Crippen MR) is 147 cm³/mol. The summed E-state index contributed by atoms with van der Waals surface area (Å²) >= 11 is 0. The van der Waals surface area contributed by atoms with Crippen molar-refractivity contribution in [3.8, 4) is 0 Å². The number of amides is 2. The summed E-state index contributed by atoms with van der Waals surface area (Å²) in [4.78, 5) is 41.7. The molecule has 2 amide bonds. The molecule has 10 N–H and O–H groups in total. The van der Waals surface area contributed by atoms with E-state index in [4.69, 9.17) is 26.3 Å². The van der Waals surface area contributed by atoms with Crippen LogP contribution in [-0.4, -0.2) is 106 Å². The third kappa shape index (κ3) is 16.1. The van der Waals surface area contributed by atoms with Crippen LogP contribution < -0.4 is 26.7 Å². The van der Waals surface area contributed by atoms with Gasteiger partial charge in [-0.05, 0) is 56.6 Å². The SMILES string of the molecule is O=C(O)CNC(CO)(CO)CO.[NH-]Nc1ccc(C(=O)NCCCNCCCCNC(=O)c2cccnc2)cn1.[Tc]. The number of anilines is 1. The molecule has 2 aromatic rings. The molecule has 0 saturated heterocycles. The molecule has 0 aromatic carbocycles. The summed E-state index contributed by atoms with van der Waals surface area (Å²) in [5.41, 5.74) is 1.90. The fraction of sp³-hybridized carbons (Fsp3) is 0.480. The molecule has 0 aliphatic heterocycles. The van der Waals surface area contributed by atoms with Crippen LogP contribution in [0, 0.1) is 0 Å². The van der Waals surface area contributed by atoms with Gasteiger partial charge in [-0.1, -0.05) is 0 Å². The Balaban J connectivity index is 0.00000104. The third-order valence-electron chi connectivity index (χ3n) is 5.48. The largest absolute Gasteiger partial charge is 0.585 e. The zero-order chi connectivity index (χ0) is 29.6. The minimum atomic E-state index is -1.31. The summed E-state index contributed by atoms with van der Waals surface area (Å²) in [6, 6.07) is 6.70. The molecule has 0 aliphatic rings. The zero-order valence-electron chi connectivity index (χ0n) is 22.6. The summed E-state index contributed by atoms with van der Waals surface area (Å²) < 4.78 is 0. The van der Waals surface area contributed by atoms with Crippen LogP contribution in [0.2, 0.25) is 0 Å². The smallest absolute Gasteiger partial charge is 0.317 e. The Labute approximate surface area is 252 Å². The van der Waals surface area contributed by atoms with Crippen LogP contribution in [0.25, 0.3) is 5.84 Å². The van der Waals surface area contributed by atoms with Gasteiger partial charge in [0.15, 0.2) is 0 Å². The van der Waals surface area contributed by atoms with Crippen molar-refractivity contribution in [2.24, 2.45) is 0 Å². The van der Waals surface area contributed by atoms with Crippen molar-refractivity contribution < 1.29 is 54.9 Å². The maximum absolute atomic E-state index is 11.9.